The Morgan fingerprint density at radius 1 is 0.941 bits per heavy atom. The van der Waals surface area contributed by atoms with E-state index in [1.165, 1.54) is 37.1 Å². The second-order valence-electron chi connectivity index (χ2n) is 9.55. The van der Waals surface area contributed by atoms with Crippen molar-refractivity contribution in [2.45, 2.75) is 51.6 Å². The molecule has 5 heteroatoms. The molecule has 0 radical (unpaired) electrons. The van der Waals surface area contributed by atoms with Gasteiger partial charge in [0, 0.05) is 43.1 Å². The van der Waals surface area contributed by atoms with Gasteiger partial charge in [0.2, 0.25) is 5.91 Å². The fourth-order valence-corrected chi connectivity index (χ4v) is 5.46. The van der Waals surface area contributed by atoms with Gasteiger partial charge in [-0.15, -0.1) is 0 Å². The van der Waals surface area contributed by atoms with E-state index in [4.69, 9.17) is 0 Å². The number of anilines is 3. The van der Waals surface area contributed by atoms with Gasteiger partial charge >= 0.3 is 0 Å². The van der Waals surface area contributed by atoms with Crippen LogP contribution in [0, 0.1) is 5.82 Å². The lowest BCUT2D eigenvalue weighted by molar-refractivity contribution is -0.117. The smallest absolute Gasteiger partial charge is 0.224 e. The molecule has 1 fully saturated rings. The summed E-state index contributed by atoms with van der Waals surface area (Å²) in [5.41, 5.74) is 6.29. The number of halogens is 1. The van der Waals surface area contributed by atoms with E-state index >= 15 is 0 Å². The van der Waals surface area contributed by atoms with Crippen LogP contribution < -0.4 is 15.1 Å². The van der Waals surface area contributed by atoms with Crippen molar-refractivity contribution in [3.05, 3.63) is 78.1 Å². The molecule has 34 heavy (non-hydrogen) atoms. The first-order valence-electron chi connectivity index (χ1n) is 12.3. The van der Waals surface area contributed by atoms with Crippen LogP contribution in [-0.4, -0.2) is 25.0 Å². The number of fused-ring (bicyclic) bond motifs is 1. The van der Waals surface area contributed by atoms with Crippen molar-refractivity contribution in [2.75, 3.05) is 28.2 Å². The summed E-state index contributed by atoms with van der Waals surface area (Å²) in [6.07, 6.45) is 4.60. The van der Waals surface area contributed by atoms with Gasteiger partial charge in [-0.05, 0) is 91.8 Å². The molecular formula is C29H32FN3O. The predicted molar refractivity (Wildman–Crippen MR) is 138 cm³/mol. The molecule has 2 aliphatic rings. The monoisotopic (exact) mass is 457 g/mol. The molecule has 1 saturated heterocycles. The fraction of sp³-hybridized carbons (Fsp3) is 0.345. The summed E-state index contributed by atoms with van der Waals surface area (Å²) in [5, 5.41) is 3.51. The zero-order chi connectivity index (χ0) is 23.7. The van der Waals surface area contributed by atoms with E-state index in [1.54, 1.807) is 13.0 Å². The van der Waals surface area contributed by atoms with Crippen LogP contribution in [0.25, 0.3) is 11.1 Å². The number of benzene rings is 3. The van der Waals surface area contributed by atoms with Crippen molar-refractivity contribution in [1.82, 2.24) is 0 Å². The predicted octanol–water partition coefficient (Wildman–Crippen LogP) is 6.78. The highest BCUT2D eigenvalue weighted by Gasteiger charge is 2.32. The summed E-state index contributed by atoms with van der Waals surface area (Å²) < 4.78 is 13.8. The van der Waals surface area contributed by atoms with Crippen LogP contribution in [0.15, 0.2) is 66.7 Å². The Labute approximate surface area is 201 Å². The molecule has 0 unspecified atom stereocenters. The second-order valence-corrected chi connectivity index (χ2v) is 9.55. The third kappa shape index (κ3) is 4.52. The van der Waals surface area contributed by atoms with Crippen molar-refractivity contribution in [2.24, 2.45) is 0 Å². The Hall–Kier alpha value is -3.34. The minimum Gasteiger partial charge on any atom is -0.378 e. The number of piperidine rings is 1. The van der Waals surface area contributed by atoms with E-state index in [0.717, 1.165) is 47.6 Å². The average Bonchev–Trinajstić information content (AvgIpc) is 2.84. The lowest BCUT2D eigenvalue weighted by Crippen LogP contribution is -2.43. The number of nitrogens with zero attached hydrogens (tertiary/aromatic N) is 2. The molecule has 4 nitrogen and oxygen atoms in total. The molecule has 1 amide bonds. The fourth-order valence-electron chi connectivity index (χ4n) is 5.46. The minimum atomic E-state index is -0.262. The van der Waals surface area contributed by atoms with Crippen molar-refractivity contribution < 1.29 is 9.18 Å². The number of nitrogens with one attached hydrogen (secondary N) is 1. The largest absolute Gasteiger partial charge is 0.378 e. The Bertz CT molecular complexity index is 1170. The van der Waals surface area contributed by atoms with E-state index in [9.17, 15) is 9.18 Å². The summed E-state index contributed by atoms with van der Waals surface area (Å²) in [5.74, 6) is -0.224. The molecule has 0 aliphatic carbocycles. The zero-order valence-electron chi connectivity index (χ0n) is 19.9. The maximum absolute atomic E-state index is 13.8. The number of hydrogen-bond donors (Lipinski definition) is 1. The highest BCUT2D eigenvalue weighted by Crippen LogP contribution is 2.41. The summed E-state index contributed by atoms with van der Waals surface area (Å²) in [6, 6.07) is 21.7. The first-order valence-corrected chi connectivity index (χ1v) is 12.3. The molecule has 2 aliphatic heterocycles. The van der Waals surface area contributed by atoms with E-state index in [-0.39, 0.29) is 23.8 Å². The highest BCUT2D eigenvalue weighted by atomic mass is 19.1. The Kier molecular flexibility index (Phi) is 6.27. The van der Waals surface area contributed by atoms with Gasteiger partial charge < -0.3 is 15.1 Å². The van der Waals surface area contributed by atoms with Crippen LogP contribution in [0.5, 0.6) is 0 Å². The third-order valence-electron chi connectivity index (χ3n) is 7.11. The number of rotatable bonds is 4. The van der Waals surface area contributed by atoms with Crippen LogP contribution in [0.2, 0.25) is 0 Å². The second kappa shape index (κ2) is 9.49. The molecule has 5 rings (SSSR count). The average molecular weight is 458 g/mol. The number of amides is 1. The SMILES string of the molecule is CC(=O)N1c2ccc(-c3ccc(N4CCCCC4)cc3)cc2[C@@H](Nc2cccc(F)c2)C[C@H]1C. The first kappa shape index (κ1) is 22.5. The van der Waals surface area contributed by atoms with Crippen molar-refractivity contribution >= 4 is 23.0 Å². The molecule has 176 valence electrons. The van der Waals surface area contributed by atoms with Gasteiger partial charge in [0.25, 0.3) is 0 Å². The van der Waals surface area contributed by atoms with Gasteiger partial charge in [0.15, 0.2) is 0 Å². The standard InChI is InChI=1S/C29H32FN3O/c1-20-17-28(31-25-8-6-7-24(30)19-25)27-18-23(11-14-29(27)33(20)21(2)34)22-9-12-26(13-10-22)32-15-4-3-5-16-32/h6-14,18-20,28,31H,3-5,15-17H2,1-2H3/t20-,28+/m1/s1. The maximum atomic E-state index is 13.8. The first-order chi connectivity index (χ1) is 16.5. The lowest BCUT2D eigenvalue weighted by atomic mass is 9.89. The van der Waals surface area contributed by atoms with Gasteiger partial charge in [0.05, 0.1) is 6.04 Å². The summed E-state index contributed by atoms with van der Waals surface area (Å²) in [7, 11) is 0. The van der Waals surface area contributed by atoms with Crippen molar-refractivity contribution in [1.29, 1.82) is 0 Å². The van der Waals surface area contributed by atoms with E-state index in [2.05, 4.69) is 59.6 Å². The van der Waals surface area contributed by atoms with Crippen LogP contribution >= 0.6 is 0 Å². The van der Waals surface area contributed by atoms with Gasteiger partial charge in [-0.25, -0.2) is 4.39 Å². The van der Waals surface area contributed by atoms with Crippen LogP contribution in [0.1, 0.15) is 51.1 Å². The van der Waals surface area contributed by atoms with Crippen LogP contribution in [0.4, 0.5) is 21.5 Å². The molecule has 3 aromatic carbocycles. The lowest BCUT2D eigenvalue weighted by Gasteiger charge is -2.39. The van der Waals surface area contributed by atoms with Gasteiger partial charge in [-0.3, -0.25) is 4.79 Å². The molecule has 1 N–H and O–H groups in total. The molecule has 2 atom stereocenters. The topological polar surface area (TPSA) is 35.6 Å². The maximum Gasteiger partial charge on any atom is 0.224 e. The number of carbonyl (C=O) groups is 1. The van der Waals surface area contributed by atoms with Gasteiger partial charge in [-0.1, -0.05) is 24.3 Å². The van der Waals surface area contributed by atoms with Gasteiger partial charge in [-0.2, -0.15) is 0 Å². The zero-order valence-corrected chi connectivity index (χ0v) is 19.9. The molecule has 0 aromatic heterocycles. The summed E-state index contributed by atoms with van der Waals surface area (Å²) in [6.45, 7) is 5.95. The number of hydrogen-bond acceptors (Lipinski definition) is 3. The Balaban J connectivity index is 1.48. The molecule has 0 saturated carbocycles. The summed E-state index contributed by atoms with van der Waals surface area (Å²) in [4.78, 5) is 16.8. The molecule has 0 spiro atoms. The van der Waals surface area contributed by atoms with Crippen molar-refractivity contribution in [3.63, 3.8) is 0 Å². The number of carbonyl (C=O) groups excluding carboxylic acids is 1. The molecule has 2 heterocycles. The van der Waals surface area contributed by atoms with Crippen LogP contribution in [0.3, 0.4) is 0 Å². The van der Waals surface area contributed by atoms with E-state index < -0.39 is 0 Å². The Morgan fingerprint density at radius 3 is 2.38 bits per heavy atom. The Morgan fingerprint density at radius 2 is 1.68 bits per heavy atom. The van der Waals surface area contributed by atoms with Crippen molar-refractivity contribution in [3.8, 4) is 11.1 Å². The molecular weight excluding hydrogens is 425 g/mol. The molecule has 0 bridgehead atoms. The quantitative estimate of drug-likeness (QED) is 0.469. The highest BCUT2D eigenvalue weighted by molar-refractivity contribution is 5.94. The summed E-state index contributed by atoms with van der Waals surface area (Å²) >= 11 is 0. The van der Waals surface area contributed by atoms with Crippen LogP contribution in [-0.2, 0) is 4.79 Å². The van der Waals surface area contributed by atoms with Gasteiger partial charge in [0.1, 0.15) is 5.82 Å². The minimum absolute atomic E-state index is 0.0185. The van der Waals surface area contributed by atoms with E-state index in [1.807, 2.05) is 11.0 Å². The normalized spacial score (nSPS) is 20.1. The molecule has 3 aromatic rings. The van der Waals surface area contributed by atoms with E-state index in [0.29, 0.717) is 0 Å². The third-order valence-corrected chi connectivity index (χ3v) is 7.11.